The smallest absolute Gasteiger partial charge is 0.236 e. The Labute approximate surface area is 118 Å². The summed E-state index contributed by atoms with van der Waals surface area (Å²) in [5.74, 6) is 1.45. The largest absolute Gasteiger partial charge is 0.338 e. The number of halogens is 2. The van der Waals surface area contributed by atoms with Crippen LogP contribution >= 0.6 is 23.4 Å². The minimum atomic E-state index is -0.379. The lowest BCUT2D eigenvalue weighted by atomic mass is 10.1. The van der Waals surface area contributed by atoms with E-state index in [4.69, 9.17) is 21.4 Å². The highest BCUT2D eigenvalue weighted by Crippen LogP contribution is 2.20. The summed E-state index contributed by atoms with van der Waals surface area (Å²) in [6.45, 7) is 0. The van der Waals surface area contributed by atoms with Crippen molar-refractivity contribution in [1.29, 1.82) is 5.26 Å². The molecule has 0 radical (unpaired) electrons. The summed E-state index contributed by atoms with van der Waals surface area (Å²) in [6, 6.07) is 6.20. The minimum Gasteiger partial charge on any atom is -0.338 e. The van der Waals surface area contributed by atoms with E-state index in [1.165, 1.54) is 23.9 Å². The molecule has 1 aromatic heterocycles. The zero-order chi connectivity index (χ0) is 13.7. The Morgan fingerprint density at radius 2 is 2.32 bits per heavy atom. The zero-order valence-corrected chi connectivity index (χ0v) is 11.3. The summed E-state index contributed by atoms with van der Waals surface area (Å²) >= 11 is 7.32. The van der Waals surface area contributed by atoms with Crippen molar-refractivity contribution in [3.05, 3.63) is 46.3 Å². The molecule has 0 spiro atoms. The molecular weight excluding hydrogens is 289 g/mol. The Bertz CT molecular complexity index is 611. The number of hydrogen-bond donors (Lipinski definition) is 0. The van der Waals surface area contributed by atoms with Gasteiger partial charge < -0.3 is 4.52 Å². The van der Waals surface area contributed by atoms with Crippen LogP contribution in [0.4, 0.5) is 4.39 Å². The summed E-state index contributed by atoms with van der Waals surface area (Å²) in [5.41, 5.74) is 0.736. The Morgan fingerprint density at radius 3 is 3.05 bits per heavy atom. The minimum absolute atomic E-state index is 0.338. The predicted octanol–water partition coefficient (Wildman–Crippen LogP) is 3.21. The molecule has 0 unspecified atom stereocenters. The summed E-state index contributed by atoms with van der Waals surface area (Å²) in [7, 11) is 0. The molecule has 0 atom stereocenters. The number of benzene rings is 1. The van der Waals surface area contributed by atoms with Gasteiger partial charge in [-0.2, -0.15) is 10.2 Å². The Morgan fingerprint density at radius 1 is 1.47 bits per heavy atom. The fraction of sp³-hybridized carbons (Fsp3) is 0.250. The van der Waals surface area contributed by atoms with Gasteiger partial charge in [-0.15, -0.1) is 11.8 Å². The van der Waals surface area contributed by atoms with Crippen molar-refractivity contribution < 1.29 is 8.91 Å². The second-order valence-corrected chi connectivity index (χ2v) is 5.06. The van der Waals surface area contributed by atoms with E-state index in [0.717, 1.165) is 5.56 Å². The van der Waals surface area contributed by atoms with Crippen LogP contribution < -0.4 is 0 Å². The molecule has 0 N–H and O–H groups in total. The summed E-state index contributed by atoms with van der Waals surface area (Å²) < 4.78 is 17.9. The molecule has 0 aliphatic rings. The van der Waals surface area contributed by atoms with E-state index < -0.39 is 0 Å². The van der Waals surface area contributed by atoms with Crippen LogP contribution in [-0.4, -0.2) is 15.9 Å². The lowest BCUT2D eigenvalue weighted by molar-refractivity contribution is 0.386. The molecule has 2 aromatic rings. The van der Waals surface area contributed by atoms with Crippen molar-refractivity contribution in [2.24, 2.45) is 0 Å². The van der Waals surface area contributed by atoms with Crippen LogP contribution in [0.2, 0.25) is 5.02 Å². The predicted molar refractivity (Wildman–Crippen MR) is 70.3 cm³/mol. The molecule has 0 aliphatic carbocycles. The van der Waals surface area contributed by atoms with Gasteiger partial charge in [-0.1, -0.05) is 22.8 Å². The van der Waals surface area contributed by atoms with E-state index in [-0.39, 0.29) is 5.82 Å². The maximum atomic E-state index is 12.9. The van der Waals surface area contributed by atoms with E-state index in [1.54, 1.807) is 6.07 Å². The first-order chi connectivity index (χ1) is 9.19. The quantitative estimate of drug-likeness (QED) is 0.793. The first-order valence-electron chi connectivity index (χ1n) is 5.39. The van der Waals surface area contributed by atoms with E-state index in [0.29, 0.717) is 34.7 Å². The van der Waals surface area contributed by atoms with Gasteiger partial charge in [0, 0.05) is 11.4 Å². The van der Waals surface area contributed by atoms with Crippen LogP contribution in [0.3, 0.4) is 0 Å². The Balaban J connectivity index is 2.01. The second-order valence-electron chi connectivity index (χ2n) is 3.67. The van der Waals surface area contributed by atoms with E-state index in [2.05, 4.69) is 10.1 Å². The topological polar surface area (TPSA) is 62.7 Å². The van der Waals surface area contributed by atoms with Gasteiger partial charge >= 0.3 is 0 Å². The Hall–Kier alpha value is -1.58. The first kappa shape index (κ1) is 13.8. The van der Waals surface area contributed by atoms with E-state index in [1.807, 2.05) is 6.07 Å². The molecule has 0 amide bonds. The summed E-state index contributed by atoms with van der Waals surface area (Å²) in [6.07, 6.45) is 0.380. The number of hydrogen-bond acceptors (Lipinski definition) is 5. The molecule has 0 saturated heterocycles. The number of thioether (sulfide) groups is 1. The standard InChI is InChI=1S/C12H9ClFN3OS/c13-10-6-9(14)2-1-8(10)5-11-16-12(18-17-11)7-19-4-3-15/h1-2,6H,4-5,7H2. The van der Waals surface area contributed by atoms with Gasteiger partial charge in [0.25, 0.3) is 0 Å². The summed E-state index contributed by atoms with van der Waals surface area (Å²) in [5, 5.41) is 12.6. The molecule has 2 rings (SSSR count). The number of aromatic nitrogens is 2. The molecule has 4 nitrogen and oxygen atoms in total. The Kier molecular flexibility index (Phi) is 4.77. The molecule has 98 valence electrons. The third-order valence-corrected chi connectivity index (χ3v) is 3.40. The molecule has 7 heteroatoms. The highest BCUT2D eigenvalue weighted by Gasteiger charge is 2.09. The van der Waals surface area contributed by atoms with Crippen molar-refractivity contribution in [2.75, 3.05) is 5.75 Å². The lowest BCUT2D eigenvalue weighted by Crippen LogP contribution is -1.93. The van der Waals surface area contributed by atoms with Crippen molar-refractivity contribution >= 4 is 23.4 Å². The van der Waals surface area contributed by atoms with Gasteiger partial charge in [0.2, 0.25) is 5.89 Å². The highest BCUT2D eigenvalue weighted by molar-refractivity contribution is 7.98. The van der Waals surface area contributed by atoms with Crippen molar-refractivity contribution in [1.82, 2.24) is 10.1 Å². The van der Waals surface area contributed by atoms with Crippen molar-refractivity contribution in [3.8, 4) is 6.07 Å². The fourth-order valence-corrected chi connectivity index (χ4v) is 2.16. The van der Waals surface area contributed by atoms with Gasteiger partial charge in [-0.05, 0) is 17.7 Å². The third-order valence-electron chi connectivity index (χ3n) is 2.27. The van der Waals surface area contributed by atoms with Crippen molar-refractivity contribution in [2.45, 2.75) is 12.2 Å². The number of nitrogens with zero attached hydrogens (tertiary/aromatic N) is 3. The number of rotatable bonds is 5. The van der Waals surface area contributed by atoms with Gasteiger partial charge in [0.05, 0.1) is 17.6 Å². The first-order valence-corrected chi connectivity index (χ1v) is 6.92. The molecule has 1 aromatic carbocycles. The molecule has 19 heavy (non-hydrogen) atoms. The van der Waals surface area contributed by atoms with Gasteiger partial charge in [0.1, 0.15) is 5.82 Å². The zero-order valence-electron chi connectivity index (χ0n) is 9.77. The maximum absolute atomic E-state index is 12.9. The summed E-state index contributed by atoms with van der Waals surface area (Å²) in [4.78, 5) is 4.18. The average molecular weight is 298 g/mol. The second kappa shape index (κ2) is 6.55. The van der Waals surface area contributed by atoms with Crippen LogP contribution in [0, 0.1) is 17.1 Å². The van der Waals surface area contributed by atoms with Crippen LogP contribution in [0.5, 0.6) is 0 Å². The fourth-order valence-electron chi connectivity index (χ4n) is 1.44. The van der Waals surface area contributed by atoms with Crippen LogP contribution in [-0.2, 0) is 12.2 Å². The number of nitriles is 1. The van der Waals surface area contributed by atoms with Crippen molar-refractivity contribution in [3.63, 3.8) is 0 Å². The SMILES string of the molecule is N#CCSCc1nc(Cc2ccc(F)cc2Cl)no1. The normalized spacial score (nSPS) is 10.4. The molecule has 0 bridgehead atoms. The van der Waals surface area contributed by atoms with Gasteiger partial charge in [0.15, 0.2) is 5.82 Å². The maximum Gasteiger partial charge on any atom is 0.236 e. The van der Waals surface area contributed by atoms with Crippen LogP contribution in [0.1, 0.15) is 17.3 Å². The highest BCUT2D eigenvalue weighted by atomic mass is 35.5. The molecular formula is C12H9ClFN3OS. The molecule has 1 heterocycles. The van der Waals surface area contributed by atoms with Gasteiger partial charge in [-0.3, -0.25) is 0 Å². The molecule has 0 aliphatic heterocycles. The molecule has 0 saturated carbocycles. The lowest BCUT2D eigenvalue weighted by Gasteiger charge is -2.00. The van der Waals surface area contributed by atoms with Crippen LogP contribution in [0.25, 0.3) is 0 Å². The van der Waals surface area contributed by atoms with E-state index in [9.17, 15) is 4.39 Å². The van der Waals surface area contributed by atoms with Gasteiger partial charge in [-0.25, -0.2) is 4.39 Å². The van der Waals surface area contributed by atoms with Crippen LogP contribution in [0.15, 0.2) is 22.7 Å². The monoisotopic (exact) mass is 297 g/mol. The molecule has 0 fully saturated rings. The average Bonchev–Trinajstić information content (AvgIpc) is 2.81. The van der Waals surface area contributed by atoms with E-state index >= 15 is 0 Å². The third kappa shape index (κ3) is 3.94.